The first-order valence-electron chi connectivity index (χ1n) is 11.2. The van der Waals surface area contributed by atoms with Gasteiger partial charge in [-0.1, -0.05) is 19.9 Å². The van der Waals surface area contributed by atoms with Crippen LogP contribution in [0.3, 0.4) is 0 Å². The Labute approximate surface area is 221 Å². The van der Waals surface area contributed by atoms with E-state index >= 15 is 0 Å². The minimum Gasteiger partial charge on any atom is -0.481 e. The van der Waals surface area contributed by atoms with Crippen LogP contribution < -0.4 is 20.7 Å². The van der Waals surface area contributed by atoms with Crippen molar-refractivity contribution in [2.24, 2.45) is 5.92 Å². The molecule has 2 aromatic rings. The number of hydrogen-bond acceptors (Lipinski definition) is 6. The fourth-order valence-electron chi connectivity index (χ4n) is 3.13. The van der Waals surface area contributed by atoms with Crippen molar-refractivity contribution in [2.45, 2.75) is 32.4 Å². The molecule has 0 aliphatic rings. The van der Waals surface area contributed by atoms with E-state index in [9.17, 15) is 50.3 Å². The summed E-state index contributed by atoms with van der Waals surface area (Å²) >= 11 is 0. The molecular formula is C24H21F6N3O7. The van der Waals surface area contributed by atoms with E-state index in [-0.39, 0.29) is 6.07 Å². The second-order valence-electron chi connectivity index (χ2n) is 8.46. The van der Waals surface area contributed by atoms with Gasteiger partial charge in [-0.3, -0.25) is 24.0 Å². The lowest BCUT2D eigenvalue weighted by atomic mass is 10.0. The molecule has 3 amide bonds. The normalized spacial score (nSPS) is 12.3. The van der Waals surface area contributed by atoms with E-state index < -0.39 is 107 Å². The number of rotatable bonds is 11. The average molecular weight is 577 g/mol. The van der Waals surface area contributed by atoms with Gasteiger partial charge in [-0.15, -0.1) is 0 Å². The molecular weight excluding hydrogens is 556 g/mol. The van der Waals surface area contributed by atoms with Gasteiger partial charge in [0.05, 0.1) is 6.42 Å². The predicted molar refractivity (Wildman–Crippen MR) is 123 cm³/mol. The topological polar surface area (TPSA) is 151 Å². The number of anilines is 1. The molecule has 0 radical (unpaired) electrons. The SMILES string of the molecule is CC(C)[C@H](NC(=O)C(=O)Nc1c(F)cccc1F)C(=O)N[C@@H](CC(=O)O)C(=O)COc1c(F)c(F)cc(F)c1F. The first kappa shape index (κ1) is 31.6. The zero-order chi connectivity index (χ0) is 30.3. The van der Waals surface area contributed by atoms with Crippen LogP contribution in [0.4, 0.5) is 32.0 Å². The van der Waals surface area contributed by atoms with Crippen molar-refractivity contribution in [1.29, 1.82) is 0 Å². The zero-order valence-corrected chi connectivity index (χ0v) is 20.6. The minimum absolute atomic E-state index is 0.111. The Morgan fingerprint density at radius 2 is 1.40 bits per heavy atom. The van der Waals surface area contributed by atoms with Crippen LogP contribution in [0.5, 0.6) is 5.75 Å². The van der Waals surface area contributed by atoms with Crippen LogP contribution in [-0.4, -0.2) is 53.3 Å². The van der Waals surface area contributed by atoms with Gasteiger partial charge in [-0.25, -0.2) is 17.6 Å². The molecule has 0 unspecified atom stereocenters. The molecule has 10 nitrogen and oxygen atoms in total. The monoisotopic (exact) mass is 577 g/mol. The number of carboxylic acids is 1. The number of halogens is 6. The highest BCUT2D eigenvalue weighted by Crippen LogP contribution is 2.26. The van der Waals surface area contributed by atoms with Gasteiger partial charge >= 0.3 is 17.8 Å². The largest absolute Gasteiger partial charge is 0.481 e. The van der Waals surface area contributed by atoms with Gasteiger partial charge < -0.3 is 25.8 Å². The molecule has 216 valence electrons. The number of amides is 3. The van der Waals surface area contributed by atoms with Gasteiger partial charge in [0.2, 0.25) is 17.5 Å². The van der Waals surface area contributed by atoms with E-state index in [0.29, 0.717) is 0 Å². The number of Topliss-reactive ketones (excluding diaryl/α,β-unsaturated/α-hetero) is 1. The second-order valence-corrected chi connectivity index (χ2v) is 8.46. The lowest BCUT2D eigenvalue weighted by molar-refractivity contribution is -0.141. The van der Waals surface area contributed by atoms with Gasteiger partial charge in [0.15, 0.2) is 23.2 Å². The second kappa shape index (κ2) is 13.4. The summed E-state index contributed by atoms with van der Waals surface area (Å²) in [5, 5.41) is 14.8. The number of carboxylic acid groups (broad SMARTS) is 1. The molecule has 0 spiro atoms. The Morgan fingerprint density at radius 1 is 0.850 bits per heavy atom. The van der Waals surface area contributed by atoms with Crippen LogP contribution in [-0.2, 0) is 24.0 Å². The minimum atomic E-state index is -1.97. The summed E-state index contributed by atoms with van der Waals surface area (Å²) in [6, 6.07) is -1.05. The van der Waals surface area contributed by atoms with Crippen molar-refractivity contribution in [3.63, 3.8) is 0 Å². The zero-order valence-electron chi connectivity index (χ0n) is 20.6. The van der Waals surface area contributed by atoms with Crippen molar-refractivity contribution in [2.75, 3.05) is 11.9 Å². The van der Waals surface area contributed by atoms with Crippen molar-refractivity contribution in [1.82, 2.24) is 10.6 Å². The van der Waals surface area contributed by atoms with E-state index in [1.165, 1.54) is 13.8 Å². The van der Waals surface area contributed by atoms with E-state index in [1.807, 2.05) is 10.6 Å². The summed E-state index contributed by atoms with van der Waals surface area (Å²) in [5.41, 5.74) is -0.939. The molecule has 2 atom stereocenters. The molecule has 2 rings (SSSR count). The molecule has 0 heterocycles. The molecule has 4 N–H and O–H groups in total. The fourth-order valence-corrected chi connectivity index (χ4v) is 3.13. The quantitative estimate of drug-likeness (QED) is 0.182. The van der Waals surface area contributed by atoms with Gasteiger partial charge in [0, 0.05) is 6.07 Å². The molecule has 0 saturated heterocycles. The van der Waals surface area contributed by atoms with Gasteiger partial charge in [0.25, 0.3) is 0 Å². The first-order valence-corrected chi connectivity index (χ1v) is 11.2. The van der Waals surface area contributed by atoms with Gasteiger partial charge in [-0.2, -0.15) is 8.78 Å². The van der Waals surface area contributed by atoms with Crippen molar-refractivity contribution >= 4 is 35.2 Å². The van der Waals surface area contributed by atoms with Crippen LogP contribution >= 0.6 is 0 Å². The van der Waals surface area contributed by atoms with E-state index in [4.69, 9.17) is 5.11 Å². The number of nitrogens with one attached hydrogen (secondary N) is 3. The third kappa shape index (κ3) is 7.94. The van der Waals surface area contributed by atoms with Crippen molar-refractivity contribution in [3.05, 3.63) is 59.2 Å². The highest BCUT2D eigenvalue weighted by Gasteiger charge is 2.32. The maximum absolute atomic E-state index is 13.8. The third-order valence-corrected chi connectivity index (χ3v) is 5.16. The molecule has 0 bridgehead atoms. The molecule has 0 aliphatic heterocycles. The summed E-state index contributed by atoms with van der Waals surface area (Å²) in [5.74, 6) is -19.7. The Bertz CT molecular complexity index is 1290. The molecule has 16 heteroatoms. The smallest absolute Gasteiger partial charge is 0.313 e. The van der Waals surface area contributed by atoms with Crippen LogP contribution in [0.25, 0.3) is 0 Å². The Balaban J connectivity index is 2.15. The third-order valence-electron chi connectivity index (χ3n) is 5.16. The predicted octanol–water partition coefficient (Wildman–Crippen LogP) is 2.21. The fraction of sp³-hybridized carbons (Fsp3) is 0.292. The number of aliphatic carboxylic acids is 1. The van der Waals surface area contributed by atoms with E-state index in [2.05, 4.69) is 4.74 Å². The van der Waals surface area contributed by atoms with Crippen LogP contribution in [0.15, 0.2) is 24.3 Å². The van der Waals surface area contributed by atoms with Gasteiger partial charge in [0.1, 0.15) is 36.0 Å². The lowest BCUT2D eigenvalue weighted by Crippen LogP contribution is -2.56. The molecule has 0 aliphatic carbocycles. The first-order chi connectivity index (χ1) is 18.6. The highest BCUT2D eigenvalue weighted by molar-refractivity contribution is 6.40. The number of carbonyl (C=O) groups excluding carboxylic acids is 4. The molecule has 0 fully saturated rings. The summed E-state index contributed by atoms with van der Waals surface area (Å²) < 4.78 is 86.3. The summed E-state index contributed by atoms with van der Waals surface area (Å²) in [6.45, 7) is 1.41. The lowest BCUT2D eigenvalue weighted by Gasteiger charge is -2.24. The number of ketones is 1. The summed E-state index contributed by atoms with van der Waals surface area (Å²) in [4.78, 5) is 61.0. The number of benzene rings is 2. The van der Waals surface area contributed by atoms with Crippen LogP contribution in [0.2, 0.25) is 0 Å². The highest BCUT2D eigenvalue weighted by atomic mass is 19.2. The molecule has 0 saturated carbocycles. The molecule has 2 aromatic carbocycles. The van der Waals surface area contributed by atoms with E-state index in [0.717, 1.165) is 18.2 Å². The maximum Gasteiger partial charge on any atom is 0.313 e. The summed E-state index contributed by atoms with van der Waals surface area (Å²) in [6.07, 6.45) is -1.10. The van der Waals surface area contributed by atoms with E-state index in [1.54, 1.807) is 5.32 Å². The number of carbonyl (C=O) groups is 5. The average Bonchev–Trinajstić information content (AvgIpc) is 2.86. The van der Waals surface area contributed by atoms with Crippen LogP contribution in [0.1, 0.15) is 20.3 Å². The van der Waals surface area contributed by atoms with Gasteiger partial charge in [-0.05, 0) is 18.1 Å². The van der Waals surface area contributed by atoms with Crippen molar-refractivity contribution < 1.29 is 60.2 Å². The Kier molecular flexibility index (Phi) is 10.6. The van der Waals surface area contributed by atoms with Crippen molar-refractivity contribution in [3.8, 4) is 5.75 Å². The number of hydrogen-bond donors (Lipinski definition) is 4. The molecule has 40 heavy (non-hydrogen) atoms. The van der Waals surface area contributed by atoms with Crippen LogP contribution in [0, 0.1) is 40.8 Å². The standard InChI is InChI=1S/C24H21F6N3O7/c1-9(2)19(32-23(38)24(39)33-20-10(25)4-3-5-11(20)26)22(37)31-14(7-16(35)36)15(34)8-40-21-17(29)12(27)6-13(28)18(21)30/h3-6,9,14,19H,7-8H2,1-2H3,(H,31,37)(H,32,38)(H,33,39)(H,35,36)/t14-,19-/m0/s1. The Hall–Kier alpha value is -4.63. The maximum atomic E-state index is 13.8. The Morgan fingerprint density at radius 3 is 1.90 bits per heavy atom. The summed E-state index contributed by atoms with van der Waals surface area (Å²) in [7, 11) is 0. The number of ether oxygens (including phenoxy) is 1. The number of para-hydroxylation sites is 1. The molecule has 0 aromatic heterocycles.